The maximum Gasteiger partial charge on any atom is 0.307 e. The maximum absolute atomic E-state index is 13.0. The fourth-order valence-electron chi connectivity index (χ4n) is 3.23. The minimum Gasteiger partial charge on any atom is -0.497 e. The van der Waals surface area contributed by atoms with Crippen LogP contribution in [0.2, 0.25) is 0 Å². The molecule has 0 saturated heterocycles. The second-order valence-corrected chi connectivity index (χ2v) is 9.63. The molecule has 3 rings (SSSR count). The number of hydrogen-bond donors (Lipinski definition) is 1. The van der Waals surface area contributed by atoms with Gasteiger partial charge < -0.3 is 14.6 Å². The number of fused-ring (bicyclic) bond motifs is 1. The van der Waals surface area contributed by atoms with Gasteiger partial charge in [0.2, 0.25) is 15.9 Å². The number of hydrogen-bond acceptors (Lipinski definition) is 6. The van der Waals surface area contributed by atoms with E-state index in [1.54, 1.807) is 56.4 Å². The van der Waals surface area contributed by atoms with Gasteiger partial charge in [-0.1, -0.05) is 18.3 Å². The zero-order valence-corrected chi connectivity index (χ0v) is 18.7. The molecule has 10 heteroatoms. The number of aromatic nitrogens is 1. The van der Waals surface area contributed by atoms with E-state index in [1.165, 1.54) is 11.7 Å². The second kappa shape index (κ2) is 8.49. The zero-order chi connectivity index (χ0) is 22.1. The summed E-state index contributed by atoms with van der Waals surface area (Å²) in [6.07, 6.45) is 1.34. The largest absolute Gasteiger partial charge is 0.497 e. The van der Waals surface area contributed by atoms with Crippen LogP contribution in [0, 0.1) is 0 Å². The first-order chi connectivity index (χ1) is 14.2. The molecule has 30 heavy (non-hydrogen) atoms. The van der Waals surface area contributed by atoms with E-state index < -0.39 is 22.0 Å². The number of aryl methyl sites for hydroxylation is 1. The lowest BCUT2D eigenvalue weighted by Gasteiger charge is -2.30. The summed E-state index contributed by atoms with van der Waals surface area (Å²) >= 11 is 1.08. The van der Waals surface area contributed by atoms with Crippen molar-refractivity contribution in [2.75, 3.05) is 23.0 Å². The van der Waals surface area contributed by atoms with Crippen LogP contribution in [0.5, 0.6) is 5.75 Å². The zero-order valence-electron chi connectivity index (χ0n) is 17.1. The monoisotopic (exact) mass is 449 g/mol. The number of methoxy groups -OCH3 is 1. The molecule has 0 aliphatic rings. The summed E-state index contributed by atoms with van der Waals surface area (Å²) in [4.78, 5) is 24.8. The fraction of sp³-hybridized carbons (Fsp3) is 0.300. The van der Waals surface area contributed by atoms with Crippen LogP contribution in [0.25, 0.3) is 10.2 Å². The van der Waals surface area contributed by atoms with Gasteiger partial charge in [-0.3, -0.25) is 13.9 Å². The third kappa shape index (κ3) is 4.34. The van der Waals surface area contributed by atoms with E-state index in [9.17, 15) is 18.0 Å². The number of thiazole rings is 1. The maximum atomic E-state index is 13.0. The summed E-state index contributed by atoms with van der Waals surface area (Å²) in [6, 6.07) is 10.7. The molecule has 1 N–H and O–H groups in total. The highest BCUT2D eigenvalue weighted by molar-refractivity contribution is 7.92. The van der Waals surface area contributed by atoms with Gasteiger partial charge in [0.05, 0.1) is 29.3 Å². The van der Waals surface area contributed by atoms with E-state index in [0.717, 1.165) is 32.1 Å². The summed E-state index contributed by atoms with van der Waals surface area (Å²) in [6.45, 7) is 1.75. The molecule has 0 spiro atoms. The Morgan fingerprint density at radius 1 is 1.23 bits per heavy atom. The van der Waals surface area contributed by atoms with Gasteiger partial charge in [0.25, 0.3) is 0 Å². The summed E-state index contributed by atoms with van der Waals surface area (Å²) in [5, 5.41) is 2.78. The van der Waals surface area contributed by atoms with Crippen molar-refractivity contribution in [1.29, 1.82) is 0 Å². The van der Waals surface area contributed by atoms with Crippen LogP contribution >= 0.6 is 11.3 Å². The minimum absolute atomic E-state index is 0.0948. The molecule has 8 nitrogen and oxygen atoms in total. The van der Waals surface area contributed by atoms with Crippen molar-refractivity contribution < 1.29 is 17.9 Å². The van der Waals surface area contributed by atoms with Crippen LogP contribution in [0.3, 0.4) is 0 Å². The molecule has 160 valence electrons. The minimum atomic E-state index is -3.73. The molecule has 1 amide bonds. The number of amides is 1. The highest BCUT2D eigenvalue weighted by atomic mass is 32.2. The lowest BCUT2D eigenvalue weighted by Crippen LogP contribution is -2.46. The average Bonchev–Trinajstić information content (AvgIpc) is 2.98. The molecule has 0 saturated carbocycles. The fourth-order valence-corrected chi connectivity index (χ4v) is 5.36. The van der Waals surface area contributed by atoms with Gasteiger partial charge in [-0.15, -0.1) is 0 Å². The van der Waals surface area contributed by atoms with Crippen molar-refractivity contribution >= 4 is 48.9 Å². The number of nitrogens with one attached hydrogen (secondary N) is 1. The van der Waals surface area contributed by atoms with Gasteiger partial charge >= 0.3 is 4.87 Å². The lowest BCUT2D eigenvalue weighted by atomic mass is 10.1. The van der Waals surface area contributed by atoms with E-state index in [2.05, 4.69) is 5.32 Å². The Morgan fingerprint density at radius 3 is 2.47 bits per heavy atom. The van der Waals surface area contributed by atoms with Gasteiger partial charge in [-0.2, -0.15) is 0 Å². The Labute approximate surface area is 178 Å². The summed E-state index contributed by atoms with van der Waals surface area (Å²) in [5.74, 6) is 0.126. The van der Waals surface area contributed by atoms with Crippen molar-refractivity contribution in [3.05, 3.63) is 52.1 Å². The number of anilines is 2. The highest BCUT2D eigenvalue weighted by Gasteiger charge is 2.31. The first-order valence-electron chi connectivity index (χ1n) is 9.19. The summed E-state index contributed by atoms with van der Waals surface area (Å²) in [7, 11) is -0.528. The van der Waals surface area contributed by atoms with Crippen molar-refractivity contribution in [2.45, 2.75) is 19.4 Å². The summed E-state index contributed by atoms with van der Waals surface area (Å²) < 4.78 is 33.6. The number of carbonyl (C=O) groups excluding carboxylic acids is 1. The predicted molar refractivity (Wildman–Crippen MR) is 120 cm³/mol. The van der Waals surface area contributed by atoms with Gasteiger partial charge in [-0.05, 0) is 48.9 Å². The third-order valence-electron chi connectivity index (χ3n) is 4.72. The highest BCUT2D eigenvalue weighted by Crippen LogP contribution is 2.26. The van der Waals surface area contributed by atoms with Crippen LogP contribution in [0.4, 0.5) is 11.4 Å². The number of ether oxygens (including phenoxy) is 1. The van der Waals surface area contributed by atoms with Crippen molar-refractivity contribution in [3.8, 4) is 5.75 Å². The second-order valence-electron chi connectivity index (χ2n) is 6.78. The molecule has 3 aromatic rings. The molecule has 0 bridgehead atoms. The Bertz CT molecular complexity index is 1230. The van der Waals surface area contributed by atoms with E-state index in [0.29, 0.717) is 17.1 Å². The number of sulfonamides is 1. The van der Waals surface area contributed by atoms with Crippen LogP contribution in [0.15, 0.2) is 47.3 Å². The molecule has 1 unspecified atom stereocenters. The Morgan fingerprint density at radius 2 is 1.90 bits per heavy atom. The van der Waals surface area contributed by atoms with Gasteiger partial charge in [0.1, 0.15) is 11.8 Å². The van der Waals surface area contributed by atoms with Crippen molar-refractivity contribution in [1.82, 2.24) is 4.57 Å². The molecule has 2 aromatic carbocycles. The molecule has 1 heterocycles. The van der Waals surface area contributed by atoms with E-state index >= 15 is 0 Å². The van der Waals surface area contributed by atoms with E-state index in [4.69, 9.17) is 4.74 Å². The van der Waals surface area contributed by atoms with Gasteiger partial charge in [0, 0.05) is 12.7 Å². The molecule has 0 aliphatic heterocycles. The number of rotatable bonds is 7. The van der Waals surface area contributed by atoms with E-state index in [1.807, 2.05) is 0 Å². The normalized spacial score (nSPS) is 12.5. The number of nitrogens with zero attached hydrogens (tertiary/aromatic N) is 2. The molecular weight excluding hydrogens is 426 g/mol. The summed E-state index contributed by atoms with van der Waals surface area (Å²) in [5.41, 5.74) is 1.64. The Balaban J connectivity index is 1.93. The first-order valence-corrected chi connectivity index (χ1v) is 11.9. The SMILES string of the molecule is CCC(C(=O)Nc1ccc2c(c1)sc(=O)n2C)N(c1ccc(OC)cc1)S(C)(=O)=O. The Hall–Kier alpha value is -2.85. The van der Waals surface area contributed by atoms with Crippen LogP contribution < -0.4 is 19.2 Å². The van der Waals surface area contributed by atoms with E-state index in [-0.39, 0.29) is 11.3 Å². The van der Waals surface area contributed by atoms with Gasteiger partial charge in [-0.25, -0.2) is 8.42 Å². The molecule has 0 fully saturated rings. The third-order valence-corrected chi connectivity index (χ3v) is 6.89. The molecule has 0 aliphatic carbocycles. The topological polar surface area (TPSA) is 97.7 Å². The van der Waals surface area contributed by atoms with Crippen LogP contribution in [-0.2, 0) is 21.9 Å². The molecule has 1 atom stereocenters. The average molecular weight is 450 g/mol. The van der Waals surface area contributed by atoms with Crippen molar-refractivity contribution in [2.24, 2.45) is 7.05 Å². The molecule has 0 radical (unpaired) electrons. The quantitative estimate of drug-likeness (QED) is 0.598. The Kier molecular flexibility index (Phi) is 6.18. The lowest BCUT2D eigenvalue weighted by molar-refractivity contribution is -0.117. The van der Waals surface area contributed by atoms with Crippen molar-refractivity contribution in [3.63, 3.8) is 0 Å². The van der Waals surface area contributed by atoms with Crippen LogP contribution in [0.1, 0.15) is 13.3 Å². The number of benzene rings is 2. The smallest absolute Gasteiger partial charge is 0.307 e. The van der Waals surface area contributed by atoms with Crippen LogP contribution in [-0.4, -0.2) is 38.3 Å². The number of carbonyl (C=O) groups is 1. The molecular formula is C20H23N3O5S2. The first kappa shape index (κ1) is 21.8. The molecule has 1 aromatic heterocycles. The predicted octanol–water partition coefficient (Wildman–Crippen LogP) is 2.79. The van der Waals surface area contributed by atoms with Gasteiger partial charge in [0.15, 0.2) is 0 Å². The standard InChI is InChI=1S/C20H23N3O5S2/c1-5-16(23(30(4,26)27)14-7-9-15(28-3)10-8-14)19(24)21-13-6-11-17-18(12-13)29-20(25)22(17)2/h6-12,16H,5H2,1-4H3,(H,21,24).